The zero-order chi connectivity index (χ0) is 25.8. The van der Waals surface area contributed by atoms with E-state index in [0.717, 1.165) is 41.3 Å². The van der Waals surface area contributed by atoms with Crippen LogP contribution < -0.4 is 10.6 Å². The summed E-state index contributed by atoms with van der Waals surface area (Å²) in [5.41, 5.74) is 4.40. The minimum atomic E-state index is 0.465. The quantitative estimate of drug-likeness (QED) is 0.273. The van der Waals surface area contributed by atoms with Crippen LogP contribution in [0.4, 0.5) is 17.5 Å². The van der Waals surface area contributed by atoms with Crippen molar-refractivity contribution in [1.82, 2.24) is 34.0 Å². The molecule has 0 unspecified atom stereocenters. The fourth-order valence-corrected chi connectivity index (χ4v) is 4.53. The van der Waals surface area contributed by atoms with Crippen molar-refractivity contribution in [3.05, 3.63) is 79.6 Å². The first kappa shape index (κ1) is 24.5. The van der Waals surface area contributed by atoms with Crippen LogP contribution in [0.15, 0.2) is 79.6 Å². The van der Waals surface area contributed by atoms with Gasteiger partial charge in [0.15, 0.2) is 17.0 Å². The second kappa shape index (κ2) is 10.8. The molecule has 0 spiro atoms. The maximum absolute atomic E-state index is 4.85. The van der Waals surface area contributed by atoms with Gasteiger partial charge < -0.3 is 15.2 Å². The zero-order valence-corrected chi connectivity index (χ0v) is 21.7. The lowest BCUT2D eigenvalue weighted by Crippen LogP contribution is -2.40. The third kappa shape index (κ3) is 5.46. The molecule has 3 aromatic heterocycles. The summed E-state index contributed by atoms with van der Waals surface area (Å²) in [6.07, 6.45) is 7.27. The van der Waals surface area contributed by atoms with E-state index in [1.54, 1.807) is 18.9 Å². The van der Waals surface area contributed by atoms with E-state index in [-0.39, 0.29) is 0 Å². The molecule has 9 heteroatoms. The first-order chi connectivity index (χ1) is 18.0. The maximum atomic E-state index is 4.85. The zero-order valence-electron chi connectivity index (χ0n) is 21.7. The van der Waals surface area contributed by atoms with Crippen molar-refractivity contribution >= 4 is 28.6 Å². The number of nitrogens with zero attached hydrogens (tertiary/aromatic N) is 7. The van der Waals surface area contributed by atoms with Crippen molar-refractivity contribution in [3.8, 4) is 11.4 Å². The second-order valence-electron chi connectivity index (χ2n) is 9.51. The number of para-hydroxylation sites is 1. The third-order valence-corrected chi connectivity index (χ3v) is 6.35. The van der Waals surface area contributed by atoms with E-state index in [1.807, 2.05) is 69.9 Å². The molecule has 0 saturated carbocycles. The van der Waals surface area contributed by atoms with Crippen molar-refractivity contribution in [1.29, 1.82) is 0 Å². The van der Waals surface area contributed by atoms with Crippen LogP contribution in [0, 0.1) is 0 Å². The van der Waals surface area contributed by atoms with Crippen LogP contribution >= 0.6 is 0 Å². The van der Waals surface area contributed by atoms with Gasteiger partial charge in [-0.25, -0.2) is 9.97 Å². The van der Waals surface area contributed by atoms with Crippen molar-refractivity contribution in [2.45, 2.75) is 39.8 Å². The highest BCUT2D eigenvalue weighted by atomic mass is 15.2. The fourth-order valence-electron chi connectivity index (χ4n) is 4.53. The van der Waals surface area contributed by atoms with Crippen LogP contribution in [0.3, 0.4) is 0 Å². The van der Waals surface area contributed by atoms with E-state index in [9.17, 15) is 0 Å². The average Bonchev–Trinajstić information content (AvgIpc) is 3.58. The van der Waals surface area contributed by atoms with Crippen molar-refractivity contribution < 1.29 is 0 Å². The van der Waals surface area contributed by atoms with Crippen LogP contribution in [-0.2, 0) is 0 Å². The molecule has 9 nitrogen and oxygen atoms in total. The maximum Gasteiger partial charge on any atom is 0.231 e. The highest BCUT2D eigenvalue weighted by Gasteiger charge is 2.17. The summed E-state index contributed by atoms with van der Waals surface area (Å²) < 4.78 is 3.95. The molecule has 0 atom stereocenters. The van der Waals surface area contributed by atoms with Gasteiger partial charge in [0.05, 0.1) is 6.33 Å². The molecule has 190 valence electrons. The number of hydrogen-bond acceptors (Lipinski definition) is 7. The number of hydrogen-bond donors (Lipinski definition) is 2. The molecule has 3 heterocycles. The first-order valence-corrected chi connectivity index (χ1v) is 12.6. The molecule has 0 fully saturated rings. The van der Waals surface area contributed by atoms with E-state index < -0.39 is 0 Å². The summed E-state index contributed by atoms with van der Waals surface area (Å²) in [6, 6.07) is 19.1. The van der Waals surface area contributed by atoms with E-state index in [2.05, 4.69) is 53.2 Å². The predicted molar refractivity (Wildman–Crippen MR) is 149 cm³/mol. The molecule has 37 heavy (non-hydrogen) atoms. The van der Waals surface area contributed by atoms with Crippen LogP contribution in [-0.4, -0.2) is 59.1 Å². The number of rotatable bonds is 10. The van der Waals surface area contributed by atoms with Gasteiger partial charge in [0.2, 0.25) is 5.95 Å². The Labute approximate surface area is 217 Å². The number of nitrogens with one attached hydrogen (secondary N) is 2. The van der Waals surface area contributed by atoms with Gasteiger partial charge in [-0.1, -0.05) is 18.2 Å². The molecule has 5 rings (SSSR count). The summed E-state index contributed by atoms with van der Waals surface area (Å²) in [6.45, 7) is 10.6. The lowest BCUT2D eigenvalue weighted by molar-refractivity contribution is 0.182. The Morgan fingerprint density at radius 3 is 2.30 bits per heavy atom. The summed E-state index contributed by atoms with van der Waals surface area (Å²) in [5.74, 6) is 1.22. The van der Waals surface area contributed by atoms with E-state index in [4.69, 9.17) is 9.97 Å². The molecular formula is C28H33N9. The lowest BCUT2D eigenvalue weighted by Gasteiger charge is -2.30. The van der Waals surface area contributed by atoms with E-state index >= 15 is 0 Å². The monoisotopic (exact) mass is 495 g/mol. The number of anilines is 3. The molecule has 0 amide bonds. The van der Waals surface area contributed by atoms with E-state index in [0.29, 0.717) is 23.8 Å². The smallest absolute Gasteiger partial charge is 0.231 e. The summed E-state index contributed by atoms with van der Waals surface area (Å²) in [5, 5.41) is 6.90. The van der Waals surface area contributed by atoms with Crippen LogP contribution in [0.2, 0.25) is 0 Å². The molecule has 5 aromatic rings. The number of imidazole rings is 2. The normalized spacial score (nSPS) is 11.6. The minimum absolute atomic E-state index is 0.465. The SMILES string of the molecule is CC(C)N(CCNc1nc(Nc2ccc(-n3ccnc3)cc2)nc2c1ncn2-c1ccccc1)C(C)C. The summed E-state index contributed by atoms with van der Waals surface area (Å²) in [7, 11) is 0. The Morgan fingerprint density at radius 2 is 1.62 bits per heavy atom. The van der Waals surface area contributed by atoms with Gasteiger partial charge in [0, 0.05) is 54.6 Å². The number of benzene rings is 2. The van der Waals surface area contributed by atoms with Crippen LogP contribution in [0.25, 0.3) is 22.5 Å². The minimum Gasteiger partial charge on any atom is -0.367 e. The summed E-state index contributed by atoms with van der Waals surface area (Å²) >= 11 is 0. The first-order valence-electron chi connectivity index (χ1n) is 12.6. The Balaban J connectivity index is 1.45. The number of fused-ring (bicyclic) bond motifs is 1. The Kier molecular flexibility index (Phi) is 7.14. The van der Waals surface area contributed by atoms with Gasteiger partial charge in [-0.3, -0.25) is 9.47 Å². The Bertz CT molecular complexity index is 1410. The Morgan fingerprint density at radius 1 is 0.865 bits per heavy atom. The molecule has 2 N–H and O–H groups in total. The second-order valence-corrected chi connectivity index (χ2v) is 9.51. The predicted octanol–water partition coefficient (Wildman–Crippen LogP) is 5.28. The standard InChI is InChI=1S/C28H33N9/c1-20(2)36(21(3)4)17-15-30-26-25-27(37(19-31-25)24-8-6-5-7-9-24)34-28(33-26)32-22-10-12-23(13-11-22)35-16-14-29-18-35/h5-14,16,18-21H,15,17H2,1-4H3,(H2,30,32,33,34). The van der Waals surface area contributed by atoms with E-state index in [1.165, 1.54) is 0 Å². The lowest BCUT2D eigenvalue weighted by atomic mass is 10.2. The molecule has 0 aliphatic carbocycles. The molecular weight excluding hydrogens is 462 g/mol. The molecule has 0 saturated heterocycles. The van der Waals surface area contributed by atoms with Gasteiger partial charge >= 0.3 is 0 Å². The highest BCUT2D eigenvalue weighted by Crippen LogP contribution is 2.25. The van der Waals surface area contributed by atoms with Crippen LogP contribution in [0.1, 0.15) is 27.7 Å². The van der Waals surface area contributed by atoms with Crippen molar-refractivity contribution in [3.63, 3.8) is 0 Å². The van der Waals surface area contributed by atoms with Crippen LogP contribution in [0.5, 0.6) is 0 Å². The van der Waals surface area contributed by atoms with Crippen molar-refractivity contribution in [2.75, 3.05) is 23.7 Å². The summed E-state index contributed by atoms with van der Waals surface area (Å²) in [4.78, 5) is 20.9. The highest BCUT2D eigenvalue weighted by molar-refractivity contribution is 5.86. The van der Waals surface area contributed by atoms with Gasteiger partial charge in [-0.2, -0.15) is 9.97 Å². The fraction of sp³-hybridized carbons (Fsp3) is 0.286. The van der Waals surface area contributed by atoms with Crippen molar-refractivity contribution in [2.24, 2.45) is 0 Å². The number of aromatic nitrogens is 6. The van der Waals surface area contributed by atoms with Gasteiger partial charge in [-0.15, -0.1) is 0 Å². The molecule has 0 aliphatic heterocycles. The molecule has 0 aliphatic rings. The average molecular weight is 496 g/mol. The largest absolute Gasteiger partial charge is 0.367 e. The third-order valence-electron chi connectivity index (χ3n) is 6.35. The molecule has 0 bridgehead atoms. The van der Waals surface area contributed by atoms with Gasteiger partial charge in [0.1, 0.15) is 6.33 Å². The van der Waals surface area contributed by atoms with Gasteiger partial charge in [0.25, 0.3) is 0 Å². The Hall–Kier alpha value is -4.24. The topological polar surface area (TPSA) is 88.7 Å². The van der Waals surface area contributed by atoms with Gasteiger partial charge in [-0.05, 0) is 64.1 Å². The molecule has 2 aromatic carbocycles. The molecule has 0 radical (unpaired) electrons.